The summed E-state index contributed by atoms with van der Waals surface area (Å²) in [6.07, 6.45) is 0. The van der Waals surface area contributed by atoms with Crippen LogP contribution in [0.2, 0.25) is 5.15 Å². The summed E-state index contributed by atoms with van der Waals surface area (Å²) < 4.78 is 11.0. The number of hydrogen-bond acceptors (Lipinski definition) is 7. The molecule has 3 rings (SSSR count). The second-order valence-corrected chi connectivity index (χ2v) is 5.52. The summed E-state index contributed by atoms with van der Waals surface area (Å²) in [5.41, 5.74) is 1.10. The van der Waals surface area contributed by atoms with Crippen LogP contribution in [-0.2, 0) is 4.74 Å². The number of morpholine rings is 1. The van der Waals surface area contributed by atoms with Crippen molar-refractivity contribution in [1.29, 1.82) is 0 Å². The van der Waals surface area contributed by atoms with Gasteiger partial charge in [-0.25, -0.2) is 9.97 Å². The summed E-state index contributed by atoms with van der Waals surface area (Å²) in [6, 6.07) is 6.71. The molecule has 126 valence electrons. The van der Waals surface area contributed by atoms with Crippen molar-refractivity contribution < 1.29 is 9.47 Å². The average Bonchev–Trinajstić information content (AvgIpc) is 2.64. The van der Waals surface area contributed by atoms with Crippen LogP contribution in [0.15, 0.2) is 29.4 Å². The smallest absolute Gasteiger partial charge is 0.199 e. The zero-order valence-electron chi connectivity index (χ0n) is 13.2. The maximum atomic E-state index is 10.5. The van der Waals surface area contributed by atoms with Gasteiger partial charge in [-0.05, 0) is 36.4 Å². The second-order valence-electron chi connectivity index (χ2n) is 5.16. The zero-order valence-corrected chi connectivity index (χ0v) is 14.0. The first-order chi connectivity index (χ1) is 11.7. The highest BCUT2D eigenvalue weighted by Gasteiger charge is 2.22. The van der Waals surface area contributed by atoms with Gasteiger partial charge in [0.2, 0.25) is 0 Å². The predicted molar refractivity (Wildman–Crippen MR) is 92.1 cm³/mol. The molecule has 0 radical (unpaired) electrons. The van der Waals surface area contributed by atoms with Crippen molar-refractivity contribution in [3.05, 3.63) is 34.3 Å². The fourth-order valence-corrected chi connectivity index (χ4v) is 2.69. The van der Waals surface area contributed by atoms with E-state index in [4.69, 9.17) is 21.1 Å². The lowest BCUT2D eigenvalue weighted by Gasteiger charge is -2.29. The second kappa shape index (κ2) is 7.55. The van der Waals surface area contributed by atoms with E-state index in [1.165, 1.54) is 0 Å². The van der Waals surface area contributed by atoms with E-state index < -0.39 is 0 Å². The molecule has 0 bridgehead atoms. The summed E-state index contributed by atoms with van der Waals surface area (Å²) >= 11 is 6.34. The quantitative estimate of drug-likeness (QED) is 0.608. The first-order valence-electron chi connectivity index (χ1n) is 7.69. The molecule has 1 aromatic heterocycles. The van der Waals surface area contributed by atoms with E-state index in [2.05, 4.69) is 20.0 Å². The molecular formula is C16H17ClN4O3. The highest BCUT2D eigenvalue weighted by molar-refractivity contribution is 6.31. The molecule has 7 nitrogen and oxygen atoms in total. The molecular weight excluding hydrogens is 332 g/mol. The molecule has 24 heavy (non-hydrogen) atoms. The lowest BCUT2D eigenvalue weighted by Crippen LogP contribution is -2.37. The first kappa shape index (κ1) is 16.6. The first-order valence-corrected chi connectivity index (χ1v) is 8.07. The van der Waals surface area contributed by atoms with Crippen LogP contribution in [0.25, 0.3) is 11.4 Å². The number of hydrogen-bond donors (Lipinski definition) is 0. The van der Waals surface area contributed by atoms with Gasteiger partial charge in [0, 0.05) is 18.7 Å². The van der Waals surface area contributed by atoms with E-state index in [1.54, 1.807) is 24.3 Å². The number of ether oxygens (including phenoxy) is 2. The molecule has 1 aromatic carbocycles. The van der Waals surface area contributed by atoms with Gasteiger partial charge in [-0.1, -0.05) is 11.6 Å². The summed E-state index contributed by atoms with van der Waals surface area (Å²) in [6.45, 7) is 5.03. The van der Waals surface area contributed by atoms with Crippen molar-refractivity contribution in [2.24, 2.45) is 5.18 Å². The third-order valence-corrected chi connectivity index (χ3v) is 3.89. The standard InChI is InChI=1S/C16H17ClN4O3/c1-2-24-13-14(17)18-15(11-3-5-12(20-22)6-4-11)19-16(13)21-7-9-23-10-8-21/h3-6H,2,7-10H2,1H3. The number of nitrogens with zero attached hydrogens (tertiary/aromatic N) is 4. The van der Waals surface area contributed by atoms with Crippen LogP contribution in [-0.4, -0.2) is 42.9 Å². The molecule has 8 heteroatoms. The molecule has 0 N–H and O–H groups in total. The minimum atomic E-state index is 0.265. The zero-order chi connectivity index (χ0) is 16.9. The lowest BCUT2D eigenvalue weighted by atomic mass is 10.2. The van der Waals surface area contributed by atoms with E-state index in [1.807, 2.05) is 6.92 Å². The van der Waals surface area contributed by atoms with E-state index in [0.29, 0.717) is 56.0 Å². The van der Waals surface area contributed by atoms with Crippen molar-refractivity contribution in [3.8, 4) is 17.1 Å². The van der Waals surface area contributed by atoms with Gasteiger partial charge in [0.25, 0.3) is 0 Å². The number of benzene rings is 1. The summed E-state index contributed by atoms with van der Waals surface area (Å²) in [4.78, 5) is 21.6. The Morgan fingerprint density at radius 3 is 2.58 bits per heavy atom. The molecule has 0 spiro atoms. The maximum absolute atomic E-state index is 10.5. The molecule has 0 aliphatic carbocycles. The van der Waals surface area contributed by atoms with Gasteiger partial charge in [0.05, 0.1) is 19.8 Å². The number of rotatable bonds is 5. The van der Waals surface area contributed by atoms with Crippen molar-refractivity contribution in [2.75, 3.05) is 37.8 Å². The van der Waals surface area contributed by atoms with Crippen LogP contribution in [0.5, 0.6) is 5.75 Å². The average molecular weight is 349 g/mol. The summed E-state index contributed by atoms with van der Waals surface area (Å²) in [5, 5.41) is 3.16. The normalized spacial score (nSPS) is 14.5. The molecule has 1 saturated heterocycles. The van der Waals surface area contributed by atoms with E-state index >= 15 is 0 Å². The Morgan fingerprint density at radius 1 is 1.25 bits per heavy atom. The molecule has 0 saturated carbocycles. The number of anilines is 1. The van der Waals surface area contributed by atoms with Gasteiger partial charge in [0.15, 0.2) is 22.5 Å². The van der Waals surface area contributed by atoms with Crippen LogP contribution < -0.4 is 9.64 Å². The van der Waals surface area contributed by atoms with Gasteiger partial charge in [-0.2, -0.15) is 0 Å². The van der Waals surface area contributed by atoms with Gasteiger partial charge in [-0.15, -0.1) is 4.91 Å². The molecule has 1 aliphatic rings. The van der Waals surface area contributed by atoms with Crippen LogP contribution in [0.3, 0.4) is 0 Å². The highest BCUT2D eigenvalue weighted by atomic mass is 35.5. The highest BCUT2D eigenvalue weighted by Crippen LogP contribution is 2.35. The maximum Gasteiger partial charge on any atom is 0.199 e. The molecule has 1 aliphatic heterocycles. The molecule has 0 unspecified atom stereocenters. The van der Waals surface area contributed by atoms with Crippen molar-refractivity contribution in [1.82, 2.24) is 9.97 Å². The lowest BCUT2D eigenvalue weighted by molar-refractivity contribution is 0.122. The van der Waals surface area contributed by atoms with Gasteiger partial charge in [0.1, 0.15) is 5.69 Å². The Labute approximate surface area is 144 Å². The molecule has 2 heterocycles. The van der Waals surface area contributed by atoms with E-state index in [9.17, 15) is 4.91 Å². The Bertz CT molecular complexity index is 718. The Morgan fingerprint density at radius 2 is 1.96 bits per heavy atom. The molecule has 1 fully saturated rings. The largest absolute Gasteiger partial charge is 0.487 e. The third-order valence-electron chi connectivity index (χ3n) is 3.64. The number of aromatic nitrogens is 2. The summed E-state index contributed by atoms with van der Waals surface area (Å²) in [7, 11) is 0. The number of halogens is 1. The predicted octanol–water partition coefficient (Wildman–Crippen LogP) is 3.43. The van der Waals surface area contributed by atoms with Crippen LogP contribution >= 0.6 is 11.6 Å². The third kappa shape index (κ3) is 3.47. The van der Waals surface area contributed by atoms with Gasteiger partial charge in [-0.3, -0.25) is 0 Å². The van der Waals surface area contributed by atoms with Crippen molar-refractivity contribution in [3.63, 3.8) is 0 Å². The monoisotopic (exact) mass is 348 g/mol. The minimum absolute atomic E-state index is 0.265. The van der Waals surface area contributed by atoms with E-state index in [-0.39, 0.29) is 5.15 Å². The number of nitroso groups, excluding NO2 is 1. The van der Waals surface area contributed by atoms with Crippen molar-refractivity contribution in [2.45, 2.75) is 6.92 Å². The fraction of sp³-hybridized carbons (Fsp3) is 0.375. The summed E-state index contributed by atoms with van der Waals surface area (Å²) in [5.74, 6) is 1.62. The molecule has 2 aromatic rings. The minimum Gasteiger partial charge on any atom is -0.487 e. The van der Waals surface area contributed by atoms with E-state index in [0.717, 1.165) is 5.56 Å². The molecule has 0 atom stereocenters. The van der Waals surface area contributed by atoms with Crippen molar-refractivity contribution >= 4 is 23.1 Å². The van der Waals surface area contributed by atoms with Gasteiger partial charge < -0.3 is 14.4 Å². The van der Waals surface area contributed by atoms with Crippen LogP contribution in [0.4, 0.5) is 11.5 Å². The Balaban J connectivity index is 2.03. The Hall–Kier alpha value is -2.25. The molecule has 0 amide bonds. The van der Waals surface area contributed by atoms with Crippen LogP contribution in [0.1, 0.15) is 6.92 Å². The topological polar surface area (TPSA) is 76.9 Å². The Kier molecular flexibility index (Phi) is 5.22. The van der Waals surface area contributed by atoms with Crippen LogP contribution in [0, 0.1) is 4.91 Å². The fourth-order valence-electron chi connectivity index (χ4n) is 2.47. The van der Waals surface area contributed by atoms with Gasteiger partial charge >= 0.3 is 0 Å². The SMILES string of the molecule is CCOc1c(Cl)nc(-c2ccc(N=O)cc2)nc1N1CCOCC1.